The number of hydrogen-bond acceptors (Lipinski definition) is 4. The average molecular weight is 342 g/mol. The Morgan fingerprint density at radius 3 is 2.71 bits per heavy atom. The first-order valence-electron chi connectivity index (χ1n) is 7.33. The van der Waals surface area contributed by atoms with Gasteiger partial charge in [-0.1, -0.05) is 11.4 Å². The molecule has 0 bridgehead atoms. The zero-order valence-electron chi connectivity index (χ0n) is 12.5. The Morgan fingerprint density at radius 1 is 1.38 bits per heavy atom. The number of nitrogens with zero attached hydrogens (tertiary/aromatic N) is 4. The van der Waals surface area contributed by atoms with Gasteiger partial charge in [0.1, 0.15) is 11.6 Å². The van der Waals surface area contributed by atoms with Crippen LogP contribution in [0.5, 0.6) is 0 Å². The molecular weight excluding hydrogens is 321 g/mol. The summed E-state index contributed by atoms with van der Waals surface area (Å²) >= 11 is 7.59. The Balaban J connectivity index is 2.01. The van der Waals surface area contributed by atoms with Crippen molar-refractivity contribution in [1.82, 2.24) is 9.57 Å². The lowest BCUT2D eigenvalue weighted by atomic mass is 10.1. The van der Waals surface area contributed by atoms with Crippen LogP contribution in [0.3, 0.4) is 0 Å². The van der Waals surface area contributed by atoms with Gasteiger partial charge in [0.25, 0.3) is 0 Å². The summed E-state index contributed by atoms with van der Waals surface area (Å²) in [5.41, 5.74) is -0.0348. The van der Waals surface area contributed by atoms with Crippen molar-refractivity contribution >= 4 is 34.6 Å². The van der Waals surface area contributed by atoms with Gasteiger partial charge in [0.15, 0.2) is 11.4 Å². The molecule has 1 atom stereocenters. The molecule has 3 aliphatic heterocycles. The van der Waals surface area contributed by atoms with E-state index in [4.69, 9.17) is 16.6 Å². The zero-order valence-corrected chi connectivity index (χ0v) is 15.0. The van der Waals surface area contributed by atoms with Gasteiger partial charge in [0.2, 0.25) is 0 Å². The first kappa shape index (κ1) is 15.4. The van der Waals surface area contributed by atoms with Crippen LogP contribution in [0.15, 0.2) is 16.0 Å². The second kappa shape index (κ2) is 5.92. The lowest BCUT2D eigenvalue weighted by molar-refractivity contribution is -0.883. The van der Waals surface area contributed by atoms with Crippen molar-refractivity contribution in [2.75, 3.05) is 46.0 Å². The Hall–Kier alpha value is -0.540. The second-order valence-electron chi connectivity index (χ2n) is 5.70. The molecule has 0 aromatic heterocycles. The second-order valence-corrected chi connectivity index (χ2v) is 12.6. The topological polar surface area (TPSA) is 47.1 Å². The van der Waals surface area contributed by atoms with Crippen molar-refractivity contribution in [2.24, 2.45) is 4.76 Å². The van der Waals surface area contributed by atoms with Crippen LogP contribution < -0.4 is 4.90 Å². The monoisotopic (exact) mass is 342 g/mol. The predicted octanol–water partition coefficient (Wildman–Crippen LogP) is 0.690. The standard InChI is InChI=1S/C13H20N5PS2/c1-16-6-8-17(9-7-16)13-11(10-14)12-4-3-5-18(12)19(20,15-13)21-2/h3-9H2,1-2H3/p+1/t19-/m1/s1. The number of allylic oxidation sites excluding steroid dienone is 1. The van der Waals surface area contributed by atoms with Crippen LogP contribution in [0, 0.1) is 11.3 Å². The maximum atomic E-state index is 9.66. The van der Waals surface area contributed by atoms with Gasteiger partial charge in [-0.15, -0.1) is 0 Å². The summed E-state index contributed by atoms with van der Waals surface area (Å²) in [6, 6.07) is 2.42. The van der Waals surface area contributed by atoms with Crippen molar-refractivity contribution in [3.05, 3.63) is 11.3 Å². The highest BCUT2D eigenvalue weighted by atomic mass is 32.9. The van der Waals surface area contributed by atoms with E-state index in [1.807, 2.05) is 0 Å². The summed E-state index contributed by atoms with van der Waals surface area (Å²) in [4.78, 5) is 3.83. The zero-order chi connectivity index (χ0) is 15.0. The third-order valence-corrected chi connectivity index (χ3v) is 10.8. The van der Waals surface area contributed by atoms with E-state index in [0.29, 0.717) is 0 Å². The van der Waals surface area contributed by atoms with E-state index in [1.165, 1.54) is 0 Å². The normalized spacial score (nSPS) is 30.2. The number of hydrogen-bond donors (Lipinski definition) is 1. The van der Waals surface area contributed by atoms with Crippen molar-refractivity contribution in [1.29, 1.82) is 5.26 Å². The summed E-state index contributed by atoms with van der Waals surface area (Å²) in [5, 5.41) is 9.66. The van der Waals surface area contributed by atoms with Crippen LogP contribution in [0.25, 0.3) is 0 Å². The van der Waals surface area contributed by atoms with Gasteiger partial charge in [-0.3, -0.25) is 0 Å². The molecular formula is C13H21N5PS2+. The van der Waals surface area contributed by atoms with Crippen molar-refractivity contribution in [3.8, 4) is 6.07 Å². The van der Waals surface area contributed by atoms with Gasteiger partial charge in [-0.2, -0.15) is 5.26 Å². The smallest absolute Gasteiger partial charge is 0.199 e. The van der Waals surface area contributed by atoms with Crippen molar-refractivity contribution < 1.29 is 4.90 Å². The van der Waals surface area contributed by atoms with E-state index < -0.39 is 5.54 Å². The van der Waals surface area contributed by atoms with Gasteiger partial charge < -0.3 is 14.5 Å². The number of fused-ring (bicyclic) bond motifs is 1. The molecule has 0 aromatic rings. The average Bonchev–Trinajstić information content (AvgIpc) is 2.98. The largest absolute Gasteiger partial charge is 0.344 e. The molecule has 114 valence electrons. The summed E-state index contributed by atoms with van der Waals surface area (Å²) in [7, 11) is 2.22. The maximum absolute atomic E-state index is 9.66. The van der Waals surface area contributed by atoms with Gasteiger partial charge in [0.05, 0.1) is 33.2 Å². The molecule has 0 aromatic carbocycles. The van der Waals surface area contributed by atoms with Crippen LogP contribution in [-0.2, 0) is 11.8 Å². The molecule has 3 aliphatic rings. The molecule has 0 amide bonds. The van der Waals surface area contributed by atoms with E-state index in [0.717, 1.165) is 62.7 Å². The van der Waals surface area contributed by atoms with E-state index in [2.05, 4.69) is 28.9 Å². The third-order valence-electron chi connectivity index (χ3n) is 4.40. The number of amidine groups is 1. The van der Waals surface area contributed by atoms with E-state index in [9.17, 15) is 5.26 Å². The van der Waals surface area contributed by atoms with Gasteiger partial charge in [-0.25, -0.2) is 4.76 Å². The molecule has 2 fully saturated rings. The van der Waals surface area contributed by atoms with E-state index in [1.54, 1.807) is 16.3 Å². The summed E-state index contributed by atoms with van der Waals surface area (Å²) in [5.74, 6) is 0.885. The van der Waals surface area contributed by atoms with Crippen LogP contribution >= 0.6 is 16.9 Å². The molecule has 0 radical (unpaired) electrons. The number of rotatable bonds is 1. The lowest BCUT2D eigenvalue weighted by Gasteiger charge is -2.39. The van der Waals surface area contributed by atoms with Crippen molar-refractivity contribution in [2.45, 2.75) is 12.8 Å². The summed E-state index contributed by atoms with van der Waals surface area (Å²) in [6.45, 7) is 5.08. The minimum atomic E-state index is -1.97. The number of nitriles is 1. The fourth-order valence-corrected chi connectivity index (χ4v) is 7.25. The molecule has 0 aliphatic carbocycles. The van der Waals surface area contributed by atoms with Crippen LogP contribution in [0.4, 0.5) is 0 Å². The Kier molecular flexibility index (Phi) is 4.33. The first-order chi connectivity index (χ1) is 10.1. The van der Waals surface area contributed by atoms with Crippen LogP contribution in [-0.4, -0.2) is 61.4 Å². The van der Waals surface area contributed by atoms with Gasteiger partial charge in [0, 0.05) is 12.2 Å². The molecule has 0 saturated carbocycles. The highest BCUT2D eigenvalue weighted by molar-refractivity contribution is 8.69. The summed E-state index contributed by atoms with van der Waals surface area (Å²) in [6.07, 6.45) is 4.12. The SMILES string of the molecule is CS[P@]1(=S)N=C(N2CC[NH+](C)CC2)C(C#N)=C2CCCN21. The van der Waals surface area contributed by atoms with Crippen LogP contribution in [0.2, 0.25) is 0 Å². The van der Waals surface area contributed by atoms with Gasteiger partial charge >= 0.3 is 0 Å². The first-order valence-corrected chi connectivity index (χ1v) is 11.9. The lowest BCUT2D eigenvalue weighted by Crippen LogP contribution is -3.12. The third kappa shape index (κ3) is 2.63. The predicted molar refractivity (Wildman–Crippen MR) is 92.0 cm³/mol. The molecule has 0 spiro atoms. The van der Waals surface area contributed by atoms with Gasteiger partial charge in [-0.05, 0) is 30.9 Å². The molecule has 5 nitrogen and oxygen atoms in total. The number of piperazine rings is 1. The maximum Gasteiger partial charge on any atom is 0.199 e. The molecule has 0 unspecified atom stereocenters. The Bertz CT molecular complexity index is 586. The Labute approximate surface area is 135 Å². The fourth-order valence-electron chi connectivity index (χ4n) is 3.12. The summed E-state index contributed by atoms with van der Waals surface area (Å²) < 4.78 is 7.20. The minimum Gasteiger partial charge on any atom is -0.344 e. The van der Waals surface area contributed by atoms with E-state index in [-0.39, 0.29) is 0 Å². The molecule has 8 heteroatoms. The highest BCUT2D eigenvalue weighted by Gasteiger charge is 2.39. The number of quaternary nitrogens is 1. The molecule has 3 heterocycles. The molecule has 1 N–H and O–H groups in total. The molecule has 3 rings (SSSR count). The quantitative estimate of drug-likeness (QED) is 0.711. The molecule has 2 saturated heterocycles. The molecule has 21 heavy (non-hydrogen) atoms. The number of nitrogens with one attached hydrogen (secondary N) is 1. The van der Waals surface area contributed by atoms with E-state index >= 15 is 0 Å². The van der Waals surface area contributed by atoms with Crippen molar-refractivity contribution in [3.63, 3.8) is 0 Å². The van der Waals surface area contributed by atoms with Crippen LogP contribution in [0.1, 0.15) is 12.8 Å². The minimum absolute atomic E-state index is 0.779. The Morgan fingerprint density at radius 2 is 2.10 bits per heavy atom. The number of likely N-dealkylation sites (N-methyl/N-ethyl adjacent to an activating group) is 1. The fraction of sp³-hybridized carbons (Fsp3) is 0.692. The highest BCUT2D eigenvalue weighted by Crippen LogP contribution is 2.67.